The number of hydrogen-bond acceptors (Lipinski definition) is 1. The van der Waals surface area contributed by atoms with Gasteiger partial charge in [-0.2, -0.15) is 0 Å². The summed E-state index contributed by atoms with van der Waals surface area (Å²) in [5.74, 6) is 1.94. The first-order valence-electron chi connectivity index (χ1n) is 4.07. The molecule has 1 aromatic carbocycles. The molecule has 0 fully saturated rings. The highest BCUT2D eigenvalue weighted by molar-refractivity contribution is 9.10. The van der Waals surface area contributed by atoms with E-state index < -0.39 is 0 Å². The van der Waals surface area contributed by atoms with Gasteiger partial charge in [0.15, 0.2) is 0 Å². The maximum absolute atomic E-state index is 3.53. The minimum Gasteiger partial charge on any atom is -0.125 e. The Bertz CT molecular complexity index is 245. The van der Waals surface area contributed by atoms with Crippen molar-refractivity contribution < 1.29 is 0 Å². The van der Waals surface area contributed by atoms with Crippen LogP contribution in [-0.2, 0) is 0 Å². The topological polar surface area (TPSA) is 0 Å². The van der Waals surface area contributed by atoms with Crippen molar-refractivity contribution in [2.75, 3.05) is 5.75 Å². The molecule has 2 heteroatoms. The molecule has 12 heavy (non-hydrogen) atoms. The third-order valence-electron chi connectivity index (χ3n) is 1.41. The second kappa shape index (κ2) is 4.93. The normalized spacial score (nSPS) is 10.7. The molecule has 0 N–H and O–H groups in total. The molecule has 0 aliphatic carbocycles. The summed E-state index contributed by atoms with van der Waals surface area (Å²) in [7, 11) is 0. The lowest BCUT2D eigenvalue weighted by atomic mass is 10.3. The zero-order valence-corrected chi connectivity index (χ0v) is 9.78. The summed E-state index contributed by atoms with van der Waals surface area (Å²) in [6.45, 7) is 4.48. The van der Waals surface area contributed by atoms with Crippen molar-refractivity contribution in [2.45, 2.75) is 18.7 Å². The zero-order chi connectivity index (χ0) is 8.97. The molecule has 0 atom stereocenters. The van der Waals surface area contributed by atoms with Crippen molar-refractivity contribution in [1.82, 2.24) is 0 Å². The third kappa shape index (κ3) is 3.20. The molecular weight excluding hydrogens is 232 g/mol. The van der Waals surface area contributed by atoms with Gasteiger partial charge >= 0.3 is 0 Å². The lowest BCUT2D eigenvalue weighted by Gasteiger charge is -2.05. The molecular formula is C10H13BrS. The van der Waals surface area contributed by atoms with Gasteiger partial charge in [-0.25, -0.2) is 0 Å². The SMILES string of the molecule is CC(C)CSc1ccccc1Br. The van der Waals surface area contributed by atoms with Crippen LogP contribution in [0.5, 0.6) is 0 Å². The molecule has 0 saturated carbocycles. The Balaban J connectivity index is 2.57. The van der Waals surface area contributed by atoms with E-state index in [4.69, 9.17) is 0 Å². The number of hydrogen-bond donors (Lipinski definition) is 0. The lowest BCUT2D eigenvalue weighted by molar-refractivity contribution is 0.750. The van der Waals surface area contributed by atoms with E-state index >= 15 is 0 Å². The molecule has 66 valence electrons. The van der Waals surface area contributed by atoms with E-state index in [9.17, 15) is 0 Å². The standard InChI is InChI=1S/C10H13BrS/c1-8(2)7-12-10-6-4-3-5-9(10)11/h3-6,8H,7H2,1-2H3. The van der Waals surface area contributed by atoms with Crippen LogP contribution in [-0.4, -0.2) is 5.75 Å². The number of thioether (sulfide) groups is 1. The molecule has 0 unspecified atom stereocenters. The Morgan fingerprint density at radius 3 is 2.58 bits per heavy atom. The maximum Gasteiger partial charge on any atom is 0.0311 e. The molecule has 0 aliphatic heterocycles. The molecule has 0 spiro atoms. The minimum atomic E-state index is 0.752. The van der Waals surface area contributed by atoms with Gasteiger partial charge < -0.3 is 0 Å². The van der Waals surface area contributed by atoms with Crippen LogP contribution in [0.15, 0.2) is 33.6 Å². The van der Waals surface area contributed by atoms with Crippen molar-refractivity contribution >= 4 is 27.7 Å². The van der Waals surface area contributed by atoms with Crippen LogP contribution in [0.25, 0.3) is 0 Å². The average molecular weight is 245 g/mol. The molecule has 0 aromatic heterocycles. The van der Waals surface area contributed by atoms with Crippen LogP contribution in [0.2, 0.25) is 0 Å². The van der Waals surface area contributed by atoms with Gasteiger partial charge in [0.1, 0.15) is 0 Å². The lowest BCUT2D eigenvalue weighted by Crippen LogP contribution is -1.90. The van der Waals surface area contributed by atoms with Crippen molar-refractivity contribution in [3.05, 3.63) is 28.7 Å². The molecule has 0 aliphatic rings. The van der Waals surface area contributed by atoms with Crippen LogP contribution in [0.3, 0.4) is 0 Å². The van der Waals surface area contributed by atoms with Crippen molar-refractivity contribution in [3.63, 3.8) is 0 Å². The summed E-state index contributed by atoms with van der Waals surface area (Å²) in [6, 6.07) is 8.36. The van der Waals surface area contributed by atoms with Gasteiger partial charge in [-0.3, -0.25) is 0 Å². The fraction of sp³-hybridized carbons (Fsp3) is 0.400. The predicted molar refractivity (Wildman–Crippen MR) is 59.7 cm³/mol. The van der Waals surface area contributed by atoms with Gasteiger partial charge in [0.05, 0.1) is 0 Å². The highest BCUT2D eigenvalue weighted by atomic mass is 79.9. The fourth-order valence-corrected chi connectivity index (χ4v) is 2.34. The fourth-order valence-electron chi connectivity index (χ4n) is 0.818. The van der Waals surface area contributed by atoms with Crippen LogP contribution < -0.4 is 0 Å². The Kier molecular flexibility index (Phi) is 4.16. The zero-order valence-electron chi connectivity index (χ0n) is 7.38. The van der Waals surface area contributed by atoms with E-state index in [-0.39, 0.29) is 0 Å². The summed E-state index contributed by atoms with van der Waals surface area (Å²) in [4.78, 5) is 1.34. The number of rotatable bonds is 3. The first-order valence-corrected chi connectivity index (χ1v) is 5.85. The van der Waals surface area contributed by atoms with E-state index in [0.29, 0.717) is 0 Å². The van der Waals surface area contributed by atoms with Gasteiger partial charge in [0, 0.05) is 15.1 Å². The van der Waals surface area contributed by atoms with Crippen molar-refractivity contribution in [2.24, 2.45) is 5.92 Å². The van der Waals surface area contributed by atoms with E-state index in [1.807, 2.05) is 17.8 Å². The van der Waals surface area contributed by atoms with E-state index in [2.05, 4.69) is 48.0 Å². The number of halogens is 1. The van der Waals surface area contributed by atoms with E-state index in [1.54, 1.807) is 0 Å². The molecule has 0 radical (unpaired) electrons. The summed E-state index contributed by atoms with van der Waals surface area (Å²) in [5.41, 5.74) is 0. The summed E-state index contributed by atoms with van der Waals surface area (Å²) >= 11 is 5.43. The Hall–Kier alpha value is 0.0500. The van der Waals surface area contributed by atoms with Crippen molar-refractivity contribution in [1.29, 1.82) is 0 Å². The summed E-state index contributed by atoms with van der Waals surface area (Å²) < 4.78 is 1.20. The second-order valence-electron chi connectivity index (χ2n) is 3.14. The van der Waals surface area contributed by atoms with Crippen molar-refractivity contribution in [3.8, 4) is 0 Å². The van der Waals surface area contributed by atoms with Gasteiger partial charge in [-0.05, 0) is 34.0 Å². The van der Waals surface area contributed by atoms with Crippen LogP contribution in [0.4, 0.5) is 0 Å². The van der Waals surface area contributed by atoms with Gasteiger partial charge in [-0.15, -0.1) is 11.8 Å². The molecule has 0 heterocycles. The maximum atomic E-state index is 3.53. The number of benzene rings is 1. The average Bonchev–Trinajstić information content (AvgIpc) is 2.03. The Labute approximate surface area is 86.9 Å². The van der Waals surface area contributed by atoms with E-state index in [0.717, 1.165) is 5.92 Å². The predicted octanol–water partition coefficient (Wildman–Crippen LogP) is 4.20. The molecule has 0 bridgehead atoms. The summed E-state index contributed by atoms with van der Waals surface area (Å²) in [6.07, 6.45) is 0. The molecule has 0 amide bonds. The first-order chi connectivity index (χ1) is 5.70. The third-order valence-corrected chi connectivity index (χ3v) is 3.86. The van der Waals surface area contributed by atoms with E-state index in [1.165, 1.54) is 15.1 Å². The van der Waals surface area contributed by atoms with Gasteiger partial charge in [0.2, 0.25) is 0 Å². The smallest absolute Gasteiger partial charge is 0.0311 e. The molecule has 1 aromatic rings. The van der Waals surface area contributed by atoms with Crippen LogP contribution >= 0.6 is 27.7 Å². The highest BCUT2D eigenvalue weighted by Gasteiger charge is 2.00. The highest BCUT2D eigenvalue weighted by Crippen LogP contribution is 2.28. The van der Waals surface area contributed by atoms with Crippen LogP contribution in [0, 0.1) is 5.92 Å². The molecule has 0 saturated heterocycles. The Morgan fingerprint density at radius 2 is 2.00 bits per heavy atom. The Morgan fingerprint density at radius 1 is 1.33 bits per heavy atom. The quantitative estimate of drug-likeness (QED) is 0.719. The van der Waals surface area contributed by atoms with Crippen LogP contribution in [0.1, 0.15) is 13.8 Å². The van der Waals surface area contributed by atoms with Gasteiger partial charge in [-0.1, -0.05) is 26.0 Å². The van der Waals surface area contributed by atoms with Gasteiger partial charge in [0.25, 0.3) is 0 Å². The largest absolute Gasteiger partial charge is 0.125 e. The second-order valence-corrected chi connectivity index (χ2v) is 5.05. The first kappa shape index (κ1) is 10.1. The minimum absolute atomic E-state index is 0.752. The molecule has 0 nitrogen and oxygen atoms in total. The molecule has 1 rings (SSSR count). The summed E-state index contributed by atoms with van der Waals surface area (Å²) in [5, 5.41) is 0. The monoisotopic (exact) mass is 244 g/mol.